The maximum atomic E-state index is 10.8. The Morgan fingerprint density at radius 1 is 1.39 bits per heavy atom. The largest absolute Gasteiger partial charge is 0.489 e. The maximum absolute atomic E-state index is 10.8. The molecule has 1 fully saturated rings. The van der Waals surface area contributed by atoms with Gasteiger partial charge in [-0.05, 0) is 18.4 Å². The predicted octanol–water partition coefficient (Wildman–Crippen LogP) is 2.93. The van der Waals surface area contributed by atoms with Crippen molar-refractivity contribution in [1.82, 2.24) is 4.90 Å². The van der Waals surface area contributed by atoms with Crippen molar-refractivity contribution in [1.29, 1.82) is 0 Å². The first-order valence-corrected chi connectivity index (χ1v) is 7.20. The summed E-state index contributed by atoms with van der Waals surface area (Å²) in [6, 6.07) is 7.95. The summed E-state index contributed by atoms with van der Waals surface area (Å²) in [6.45, 7) is 1.11. The lowest BCUT2D eigenvalue weighted by molar-refractivity contribution is 0.0881. The molecule has 0 unspecified atom stereocenters. The zero-order valence-corrected chi connectivity index (χ0v) is 11.2. The van der Waals surface area contributed by atoms with Crippen LogP contribution in [0.15, 0.2) is 29.2 Å². The lowest BCUT2D eigenvalue weighted by Gasteiger charge is -2.30. The van der Waals surface area contributed by atoms with Gasteiger partial charge in [0.1, 0.15) is 11.9 Å². The summed E-state index contributed by atoms with van der Waals surface area (Å²) in [5.74, 6) is 0.902. The van der Waals surface area contributed by atoms with Gasteiger partial charge in [0.2, 0.25) is 0 Å². The van der Waals surface area contributed by atoms with E-state index in [0.717, 1.165) is 23.5 Å². The van der Waals surface area contributed by atoms with Crippen LogP contribution in [0, 0.1) is 0 Å². The number of piperidine rings is 1. The number of para-hydroxylation sites is 1. The molecule has 0 saturated carbocycles. The average Bonchev–Trinajstić information content (AvgIpc) is 2.40. The monoisotopic (exact) mass is 267 g/mol. The number of likely N-dealkylation sites (tertiary alicyclic amines) is 1. The van der Waals surface area contributed by atoms with Crippen LogP contribution in [0.25, 0.3) is 0 Å². The van der Waals surface area contributed by atoms with Crippen LogP contribution in [0.5, 0.6) is 5.75 Å². The second-order valence-corrected chi connectivity index (χ2v) is 5.09. The van der Waals surface area contributed by atoms with Crippen molar-refractivity contribution in [3.05, 3.63) is 24.3 Å². The number of thioether (sulfide) groups is 1. The van der Waals surface area contributed by atoms with Crippen LogP contribution in [0.2, 0.25) is 0 Å². The van der Waals surface area contributed by atoms with Crippen molar-refractivity contribution >= 4 is 17.9 Å². The Morgan fingerprint density at radius 2 is 2.06 bits per heavy atom. The molecule has 1 aromatic carbocycles. The number of benzene rings is 1. The third-order valence-corrected chi connectivity index (χ3v) is 3.85. The molecule has 0 bridgehead atoms. The Hall–Kier alpha value is -1.36. The fraction of sp³-hybridized carbons (Fsp3) is 0.462. The SMILES string of the molecule is CSc1ccccc1OC1CCN(C(=O)O)CC1. The van der Waals surface area contributed by atoms with E-state index in [-0.39, 0.29) is 6.10 Å². The first kappa shape index (κ1) is 13.1. The summed E-state index contributed by atoms with van der Waals surface area (Å²) in [5, 5.41) is 8.88. The minimum absolute atomic E-state index is 0.119. The minimum atomic E-state index is -0.835. The Bertz CT molecular complexity index is 416. The molecule has 5 heteroatoms. The molecule has 1 aromatic rings. The lowest BCUT2D eigenvalue weighted by Crippen LogP contribution is -2.41. The number of hydrogen-bond acceptors (Lipinski definition) is 3. The van der Waals surface area contributed by atoms with Gasteiger partial charge >= 0.3 is 6.09 Å². The Kier molecular flexibility index (Phi) is 4.36. The molecule has 0 radical (unpaired) electrons. The molecule has 0 aromatic heterocycles. The molecule has 0 atom stereocenters. The number of rotatable bonds is 3. The van der Waals surface area contributed by atoms with E-state index in [1.54, 1.807) is 11.8 Å². The molecule has 1 aliphatic rings. The number of carboxylic acid groups (broad SMARTS) is 1. The Morgan fingerprint density at radius 3 is 2.67 bits per heavy atom. The standard InChI is InChI=1S/C13H17NO3S/c1-18-12-5-3-2-4-11(12)17-10-6-8-14(9-7-10)13(15)16/h2-5,10H,6-9H2,1H3,(H,15,16). The van der Waals surface area contributed by atoms with Gasteiger partial charge in [0.25, 0.3) is 0 Å². The molecule has 0 spiro atoms. The third kappa shape index (κ3) is 3.10. The van der Waals surface area contributed by atoms with Gasteiger partial charge in [-0.3, -0.25) is 0 Å². The zero-order valence-electron chi connectivity index (χ0n) is 10.3. The first-order valence-electron chi connectivity index (χ1n) is 5.98. The molecular formula is C13H17NO3S. The smallest absolute Gasteiger partial charge is 0.407 e. The topological polar surface area (TPSA) is 49.8 Å². The highest BCUT2D eigenvalue weighted by molar-refractivity contribution is 7.98. The van der Waals surface area contributed by atoms with Crippen LogP contribution < -0.4 is 4.74 Å². The summed E-state index contributed by atoms with van der Waals surface area (Å²) in [7, 11) is 0. The van der Waals surface area contributed by atoms with Crippen molar-refractivity contribution < 1.29 is 14.6 Å². The van der Waals surface area contributed by atoms with Crippen LogP contribution >= 0.6 is 11.8 Å². The van der Waals surface area contributed by atoms with Gasteiger partial charge < -0.3 is 14.7 Å². The highest BCUT2D eigenvalue weighted by Crippen LogP contribution is 2.29. The molecule has 1 saturated heterocycles. The molecule has 98 valence electrons. The second kappa shape index (κ2) is 6.00. The average molecular weight is 267 g/mol. The van der Waals surface area contributed by atoms with Crippen molar-refractivity contribution in [2.45, 2.75) is 23.8 Å². The predicted molar refractivity (Wildman–Crippen MR) is 71.5 cm³/mol. The van der Waals surface area contributed by atoms with E-state index < -0.39 is 6.09 Å². The molecular weight excluding hydrogens is 250 g/mol. The lowest BCUT2D eigenvalue weighted by atomic mass is 10.1. The van der Waals surface area contributed by atoms with E-state index in [4.69, 9.17) is 9.84 Å². The van der Waals surface area contributed by atoms with E-state index in [1.165, 1.54) is 4.90 Å². The van der Waals surface area contributed by atoms with Crippen LogP contribution in [0.3, 0.4) is 0 Å². The van der Waals surface area contributed by atoms with E-state index in [2.05, 4.69) is 0 Å². The summed E-state index contributed by atoms with van der Waals surface area (Å²) in [6.07, 6.45) is 2.83. The number of hydrogen-bond donors (Lipinski definition) is 1. The minimum Gasteiger partial charge on any atom is -0.489 e. The van der Waals surface area contributed by atoms with E-state index in [1.807, 2.05) is 30.5 Å². The third-order valence-electron chi connectivity index (χ3n) is 3.08. The first-order chi connectivity index (χ1) is 8.70. The van der Waals surface area contributed by atoms with Crippen LogP contribution in [-0.2, 0) is 0 Å². The van der Waals surface area contributed by atoms with Gasteiger partial charge in [-0.25, -0.2) is 4.79 Å². The van der Waals surface area contributed by atoms with Crippen LogP contribution in [-0.4, -0.2) is 41.5 Å². The van der Waals surface area contributed by atoms with E-state index in [0.29, 0.717) is 13.1 Å². The van der Waals surface area contributed by atoms with Gasteiger partial charge in [0.05, 0.1) is 0 Å². The highest BCUT2D eigenvalue weighted by atomic mass is 32.2. The van der Waals surface area contributed by atoms with Crippen molar-refractivity contribution in [2.75, 3.05) is 19.3 Å². The molecule has 4 nitrogen and oxygen atoms in total. The van der Waals surface area contributed by atoms with Crippen LogP contribution in [0.1, 0.15) is 12.8 Å². The summed E-state index contributed by atoms with van der Waals surface area (Å²) >= 11 is 1.66. The van der Waals surface area contributed by atoms with Gasteiger partial charge in [-0.15, -0.1) is 11.8 Å². The van der Waals surface area contributed by atoms with Gasteiger partial charge in [-0.2, -0.15) is 0 Å². The Labute approximate surface area is 111 Å². The van der Waals surface area contributed by atoms with Crippen molar-refractivity contribution in [3.63, 3.8) is 0 Å². The summed E-state index contributed by atoms with van der Waals surface area (Å²) in [4.78, 5) is 13.4. The van der Waals surface area contributed by atoms with Gasteiger partial charge in [-0.1, -0.05) is 12.1 Å². The summed E-state index contributed by atoms with van der Waals surface area (Å²) in [5.41, 5.74) is 0. The van der Waals surface area contributed by atoms with Crippen molar-refractivity contribution in [2.24, 2.45) is 0 Å². The van der Waals surface area contributed by atoms with E-state index >= 15 is 0 Å². The number of nitrogens with zero attached hydrogens (tertiary/aromatic N) is 1. The Balaban J connectivity index is 1.93. The normalized spacial score (nSPS) is 16.6. The molecule has 1 aliphatic heterocycles. The van der Waals surface area contributed by atoms with E-state index in [9.17, 15) is 4.79 Å². The van der Waals surface area contributed by atoms with Gasteiger partial charge in [0.15, 0.2) is 0 Å². The molecule has 0 aliphatic carbocycles. The second-order valence-electron chi connectivity index (χ2n) is 4.24. The number of carbonyl (C=O) groups is 1. The van der Waals surface area contributed by atoms with Gasteiger partial charge in [0, 0.05) is 30.8 Å². The molecule has 18 heavy (non-hydrogen) atoms. The number of amides is 1. The highest BCUT2D eigenvalue weighted by Gasteiger charge is 2.23. The van der Waals surface area contributed by atoms with Crippen LogP contribution in [0.4, 0.5) is 4.79 Å². The molecule has 2 rings (SSSR count). The summed E-state index contributed by atoms with van der Waals surface area (Å²) < 4.78 is 5.96. The number of ether oxygens (including phenoxy) is 1. The van der Waals surface area contributed by atoms with Crippen molar-refractivity contribution in [3.8, 4) is 5.75 Å². The fourth-order valence-corrected chi connectivity index (χ4v) is 2.59. The molecule has 1 amide bonds. The maximum Gasteiger partial charge on any atom is 0.407 e. The molecule has 1 N–H and O–H groups in total. The molecule has 1 heterocycles. The fourth-order valence-electron chi connectivity index (χ4n) is 2.06. The zero-order chi connectivity index (χ0) is 13.0. The quantitative estimate of drug-likeness (QED) is 0.855.